The topological polar surface area (TPSA) is 72.0 Å². The number of fused-ring (bicyclic) bond motifs is 1. The highest BCUT2D eigenvalue weighted by Gasteiger charge is 2.31. The number of aromatic amines is 1. The van der Waals surface area contributed by atoms with Gasteiger partial charge in [-0.2, -0.15) is 0 Å². The Hall–Kier alpha value is -1.99. The van der Waals surface area contributed by atoms with Gasteiger partial charge in [0, 0.05) is 20.7 Å². The number of ether oxygens (including phenoxy) is 1. The molecule has 1 saturated carbocycles. The highest BCUT2D eigenvalue weighted by Crippen LogP contribution is 2.35. The van der Waals surface area contributed by atoms with Crippen molar-refractivity contribution in [1.82, 2.24) is 9.97 Å². The molecule has 118 valence electrons. The highest BCUT2D eigenvalue weighted by molar-refractivity contribution is 7.19. The van der Waals surface area contributed by atoms with Crippen LogP contribution in [0.3, 0.4) is 0 Å². The fourth-order valence-corrected chi connectivity index (χ4v) is 4.32. The van der Waals surface area contributed by atoms with Gasteiger partial charge in [0.15, 0.2) is 0 Å². The Bertz CT molecular complexity index is 950. The van der Waals surface area contributed by atoms with E-state index in [1.165, 1.54) is 16.2 Å². The molecule has 0 radical (unpaired) electrons. The zero-order chi connectivity index (χ0) is 16.0. The molecule has 0 bridgehead atoms. The number of thiophene rings is 2. The molecule has 3 aromatic heterocycles. The number of aromatic nitrogens is 2. The van der Waals surface area contributed by atoms with Gasteiger partial charge in [-0.3, -0.25) is 9.59 Å². The molecule has 0 atom stereocenters. The molecule has 0 amide bonds. The smallest absolute Gasteiger partial charge is 0.309 e. The number of esters is 1. The molecular weight excluding hydrogens is 332 g/mol. The van der Waals surface area contributed by atoms with Gasteiger partial charge in [0.05, 0.1) is 11.3 Å². The fraction of sp³-hybridized carbons (Fsp3) is 0.312. The number of aryl methyl sites for hydroxylation is 1. The molecule has 1 aliphatic carbocycles. The molecule has 1 N–H and O–H groups in total. The summed E-state index contributed by atoms with van der Waals surface area (Å²) < 4.78 is 5.19. The maximum absolute atomic E-state index is 12.4. The highest BCUT2D eigenvalue weighted by atomic mass is 32.1. The van der Waals surface area contributed by atoms with Crippen molar-refractivity contribution >= 4 is 38.9 Å². The molecule has 4 rings (SSSR count). The first-order valence-corrected chi connectivity index (χ1v) is 9.05. The summed E-state index contributed by atoms with van der Waals surface area (Å²) in [5, 5.41) is 2.56. The third kappa shape index (κ3) is 2.82. The number of H-pyrrole nitrogens is 1. The second-order valence-corrected chi connectivity index (χ2v) is 7.78. The fourth-order valence-electron chi connectivity index (χ4n) is 2.40. The van der Waals surface area contributed by atoms with Crippen LogP contribution in [-0.2, 0) is 16.1 Å². The van der Waals surface area contributed by atoms with Crippen molar-refractivity contribution in [2.75, 3.05) is 0 Å². The quantitative estimate of drug-likeness (QED) is 0.734. The second-order valence-electron chi connectivity index (χ2n) is 5.63. The van der Waals surface area contributed by atoms with E-state index in [-0.39, 0.29) is 24.1 Å². The predicted molar refractivity (Wildman–Crippen MR) is 90.8 cm³/mol. The van der Waals surface area contributed by atoms with Gasteiger partial charge in [0.2, 0.25) is 0 Å². The summed E-state index contributed by atoms with van der Waals surface area (Å²) in [6, 6.07) is 4.06. The molecule has 3 heterocycles. The second kappa shape index (κ2) is 5.58. The van der Waals surface area contributed by atoms with Gasteiger partial charge < -0.3 is 9.72 Å². The van der Waals surface area contributed by atoms with Crippen molar-refractivity contribution in [2.24, 2.45) is 5.92 Å². The third-order valence-electron chi connectivity index (χ3n) is 3.76. The van der Waals surface area contributed by atoms with E-state index < -0.39 is 0 Å². The predicted octanol–water partition coefficient (Wildman–Crippen LogP) is 3.47. The number of nitrogens with zero attached hydrogens (tertiary/aromatic N) is 1. The van der Waals surface area contributed by atoms with E-state index in [9.17, 15) is 9.59 Å². The third-order valence-corrected chi connectivity index (χ3v) is 5.67. The van der Waals surface area contributed by atoms with Crippen LogP contribution in [0.15, 0.2) is 22.3 Å². The van der Waals surface area contributed by atoms with E-state index in [1.807, 2.05) is 24.4 Å². The van der Waals surface area contributed by atoms with E-state index in [2.05, 4.69) is 9.97 Å². The normalized spacial score (nSPS) is 14.3. The standard InChI is InChI=1S/C16H14N2O3S2/c1-8-2-5-11(23-8)10-7-22-15-13(10)14(19)17-12(18-15)6-21-16(20)9-3-4-9/h2,5,7,9H,3-4,6H2,1H3,(H,17,18,19). The summed E-state index contributed by atoms with van der Waals surface area (Å²) in [5.74, 6) is 0.238. The molecule has 0 aromatic carbocycles. The van der Waals surface area contributed by atoms with E-state index in [0.29, 0.717) is 16.0 Å². The van der Waals surface area contributed by atoms with Crippen molar-refractivity contribution in [3.63, 3.8) is 0 Å². The minimum atomic E-state index is -0.200. The lowest BCUT2D eigenvalue weighted by atomic mass is 10.2. The zero-order valence-corrected chi connectivity index (χ0v) is 14.1. The van der Waals surface area contributed by atoms with Crippen LogP contribution in [0.25, 0.3) is 20.7 Å². The maximum Gasteiger partial charge on any atom is 0.309 e. The molecule has 0 saturated heterocycles. The molecule has 23 heavy (non-hydrogen) atoms. The Labute approximate surface area is 140 Å². The molecule has 3 aromatic rings. The van der Waals surface area contributed by atoms with Crippen molar-refractivity contribution in [2.45, 2.75) is 26.4 Å². The van der Waals surface area contributed by atoms with Crippen LogP contribution >= 0.6 is 22.7 Å². The summed E-state index contributed by atoms with van der Waals surface area (Å²) >= 11 is 3.09. The van der Waals surface area contributed by atoms with Crippen molar-refractivity contribution in [3.8, 4) is 10.4 Å². The van der Waals surface area contributed by atoms with Crippen LogP contribution < -0.4 is 5.56 Å². The van der Waals surface area contributed by atoms with Crippen LogP contribution in [0.1, 0.15) is 23.5 Å². The number of hydrogen-bond donors (Lipinski definition) is 1. The summed E-state index contributed by atoms with van der Waals surface area (Å²) in [6.45, 7) is 2.06. The molecule has 0 aliphatic heterocycles. The average molecular weight is 346 g/mol. The molecule has 7 heteroatoms. The molecule has 1 aliphatic rings. The van der Waals surface area contributed by atoms with Gasteiger partial charge in [-0.05, 0) is 31.9 Å². The Balaban J connectivity index is 1.66. The van der Waals surface area contributed by atoms with Crippen LogP contribution in [0.4, 0.5) is 0 Å². The molecule has 1 fully saturated rings. The Morgan fingerprint density at radius 1 is 1.43 bits per heavy atom. The summed E-state index contributed by atoms with van der Waals surface area (Å²) in [4.78, 5) is 34.1. The minimum absolute atomic E-state index is 0.0197. The largest absolute Gasteiger partial charge is 0.457 e. The van der Waals surface area contributed by atoms with Gasteiger partial charge in [0.1, 0.15) is 17.3 Å². The molecule has 0 spiro atoms. The number of hydrogen-bond acceptors (Lipinski definition) is 6. The van der Waals surface area contributed by atoms with Gasteiger partial charge in [-0.25, -0.2) is 4.98 Å². The number of carbonyl (C=O) groups excluding carboxylic acids is 1. The zero-order valence-electron chi connectivity index (χ0n) is 12.4. The Morgan fingerprint density at radius 3 is 2.96 bits per heavy atom. The van der Waals surface area contributed by atoms with Gasteiger partial charge in [-0.15, -0.1) is 22.7 Å². The number of carbonyl (C=O) groups is 1. The number of nitrogens with one attached hydrogen (secondary N) is 1. The molecule has 5 nitrogen and oxygen atoms in total. The van der Waals surface area contributed by atoms with Gasteiger partial charge >= 0.3 is 5.97 Å². The average Bonchev–Trinajstić information content (AvgIpc) is 3.15. The first-order chi connectivity index (χ1) is 11.1. The van der Waals surface area contributed by atoms with E-state index in [4.69, 9.17) is 4.74 Å². The minimum Gasteiger partial charge on any atom is -0.457 e. The van der Waals surface area contributed by atoms with Gasteiger partial charge in [-0.1, -0.05) is 0 Å². The van der Waals surface area contributed by atoms with Crippen molar-refractivity contribution in [1.29, 1.82) is 0 Å². The lowest BCUT2D eigenvalue weighted by Gasteiger charge is -2.03. The Kier molecular flexibility index (Phi) is 3.54. The van der Waals surface area contributed by atoms with Crippen LogP contribution in [0.2, 0.25) is 0 Å². The lowest BCUT2D eigenvalue weighted by Crippen LogP contribution is -2.14. The number of rotatable bonds is 4. The van der Waals surface area contributed by atoms with E-state index >= 15 is 0 Å². The Morgan fingerprint density at radius 2 is 2.26 bits per heavy atom. The van der Waals surface area contributed by atoms with Crippen LogP contribution in [-0.4, -0.2) is 15.9 Å². The monoisotopic (exact) mass is 346 g/mol. The van der Waals surface area contributed by atoms with E-state index in [0.717, 1.165) is 23.3 Å². The SMILES string of the molecule is Cc1ccc(-c2csc3nc(COC(=O)C4CC4)[nH]c(=O)c23)s1. The first-order valence-electron chi connectivity index (χ1n) is 7.35. The lowest BCUT2D eigenvalue weighted by molar-refractivity contribution is -0.146. The molecular formula is C16H14N2O3S2. The summed E-state index contributed by atoms with van der Waals surface area (Å²) in [7, 11) is 0. The maximum atomic E-state index is 12.4. The van der Waals surface area contributed by atoms with Crippen LogP contribution in [0.5, 0.6) is 0 Å². The van der Waals surface area contributed by atoms with Crippen LogP contribution in [0, 0.1) is 12.8 Å². The summed E-state index contributed by atoms with van der Waals surface area (Å²) in [5.41, 5.74) is 0.730. The van der Waals surface area contributed by atoms with Crippen molar-refractivity contribution in [3.05, 3.63) is 38.6 Å². The first kappa shape index (κ1) is 14.6. The van der Waals surface area contributed by atoms with Crippen molar-refractivity contribution < 1.29 is 9.53 Å². The molecule has 0 unspecified atom stereocenters. The van der Waals surface area contributed by atoms with Gasteiger partial charge in [0.25, 0.3) is 5.56 Å². The summed E-state index contributed by atoms with van der Waals surface area (Å²) in [6.07, 6.45) is 1.80. The van der Waals surface area contributed by atoms with E-state index in [1.54, 1.807) is 11.3 Å².